The number of aliphatic carboxylic acids is 1. The highest BCUT2D eigenvalue weighted by atomic mass is 16.4. The minimum absolute atomic E-state index is 0.230. The highest BCUT2D eigenvalue weighted by molar-refractivity contribution is 5.70. The van der Waals surface area contributed by atoms with Gasteiger partial charge in [0.05, 0.1) is 12.0 Å². The highest BCUT2D eigenvalue weighted by Crippen LogP contribution is 2.43. The van der Waals surface area contributed by atoms with Crippen LogP contribution in [0.25, 0.3) is 0 Å². The van der Waals surface area contributed by atoms with Gasteiger partial charge >= 0.3 is 5.97 Å². The minimum atomic E-state index is -0.843. The molecular formula is C11H20O3. The lowest BCUT2D eigenvalue weighted by Crippen LogP contribution is -2.30. The third kappa shape index (κ3) is 2.71. The van der Waals surface area contributed by atoms with Crippen LogP contribution in [0, 0.1) is 17.8 Å². The Hall–Kier alpha value is -0.570. The number of rotatable bonds is 6. The Balaban J connectivity index is 2.44. The summed E-state index contributed by atoms with van der Waals surface area (Å²) in [6, 6.07) is 0. The molecule has 0 aliphatic heterocycles. The number of carbonyl (C=O) groups is 1. The molecule has 4 atom stereocenters. The summed E-state index contributed by atoms with van der Waals surface area (Å²) in [7, 11) is 0. The van der Waals surface area contributed by atoms with Crippen LogP contribution in [0.5, 0.6) is 0 Å². The van der Waals surface area contributed by atoms with Crippen molar-refractivity contribution in [2.24, 2.45) is 17.8 Å². The molecule has 0 aromatic heterocycles. The maximum Gasteiger partial charge on any atom is 0.309 e. The second-order valence-electron chi connectivity index (χ2n) is 4.45. The Bertz CT molecular complexity index is 203. The molecule has 1 fully saturated rings. The van der Waals surface area contributed by atoms with Gasteiger partial charge in [-0.05, 0) is 24.7 Å². The van der Waals surface area contributed by atoms with E-state index in [0.717, 1.165) is 19.3 Å². The first-order valence-corrected chi connectivity index (χ1v) is 5.48. The van der Waals surface area contributed by atoms with Gasteiger partial charge in [-0.2, -0.15) is 0 Å². The third-order valence-corrected chi connectivity index (χ3v) is 3.21. The summed E-state index contributed by atoms with van der Waals surface area (Å²) >= 11 is 0. The maximum atomic E-state index is 10.9. The molecule has 0 amide bonds. The smallest absolute Gasteiger partial charge is 0.309 e. The first kappa shape index (κ1) is 11.5. The maximum absolute atomic E-state index is 10.9. The molecule has 0 aromatic carbocycles. The molecule has 0 saturated heterocycles. The monoisotopic (exact) mass is 200 g/mol. The molecule has 14 heavy (non-hydrogen) atoms. The van der Waals surface area contributed by atoms with Crippen molar-refractivity contribution in [3.05, 3.63) is 0 Å². The van der Waals surface area contributed by atoms with Crippen molar-refractivity contribution >= 4 is 5.97 Å². The topological polar surface area (TPSA) is 57.5 Å². The van der Waals surface area contributed by atoms with E-state index in [4.69, 9.17) is 5.11 Å². The predicted molar refractivity (Wildman–Crippen MR) is 53.9 cm³/mol. The van der Waals surface area contributed by atoms with Gasteiger partial charge in [-0.3, -0.25) is 4.79 Å². The van der Waals surface area contributed by atoms with Crippen LogP contribution in [-0.4, -0.2) is 22.3 Å². The van der Waals surface area contributed by atoms with Crippen LogP contribution in [0.2, 0.25) is 0 Å². The highest BCUT2D eigenvalue weighted by Gasteiger charge is 2.43. The molecule has 1 aliphatic carbocycles. The zero-order valence-corrected chi connectivity index (χ0v) is 8.94. The van der Waals surface area contributed by atoms with Gasteiger partial charge in [0.25, 0.3) is 0 Å². The second kappa shape index (κ2) is 4.78. The number of unbranched alkanes of at least 4 members (excludes halogenated alkanes) is 1. The number of aliphatic hydroxyl groups is 1. The molecule has 82 valence electrons. The number of hydrogen-bond donors (Lipinski definition) is 2. The predicted octanol–water partition coefficient (Wildman–Crippen LogP) is 1.89. The van der Waals surface area contributed by atoms with Crippen molar-refractivity contribution in [1.29, 1.82) is 0 Å². The van der Waals surface area contributed by atoms with Gasteiger partial charge in [0, 0.05) is 0 Å². The molecule has 0 heterocycles. The van der Waals surface area contributed by atoms with Crippen LogP contribution in [-0.2, 0) is 4.79 Å². The van der Waals surface area contributed by atoms with E-state index < -0.39 is 18.0 Å². The van der Waals surface area contributed by atoms with Crippen LogP contribution < -0.4 is 0 Å². The molecule has 1 rings (SSSR count). The molecule has 1 saturated carbocycles. The zero-order valence-electron chi connectivity index (χ0n) is 8.94. The van der Waals surface area contributed by atoms with Crippen molar-refractivity contribution in [3.63, 3.8) is 0 Å². The summed E-state index contributed by atoms with van der Waals surface area (Å²) in [5, 5.41) is 18.8. The Labute approximate surface area is 85.1 Å². The summed E-state index contributed by atoms with van der Waals surface area (Å²) in [5.41, 5.74) is 0. The lowest BCUT2D eigenvalue weighted by atomic mass is 9.92. The fourth-order valence-corrected chi connectivity index (χ4v) is 1.99. The average Bonchev–Trinajstić information content (AvgIpc) is 2.82. The molecular weight excluding hydrogens is 180 g/mol. The molecule has 0 spiro atoms. The van der Waals surface area contributed by atoms with Gasteiger partial charge in [0.2, 0.25) is 0 Å². The van der Waals surface area contributed by atoms with Crippen LogP contribution in [0.1, 0.15) is 39.5 Å². The van der Waals surface area contributed by atoms with Gasteiger partial charge in [-0.1, -0.05) is 26.7 Å². The number of carboxylic acids is 1. The van der Waals surface area contributed by atoms with Crippen LogP contribution in [0.4, 0.5) is 0 Å². The average molecular weight is 200 g/mol. The first-order chi connectivity index (χ1) is 6.57. The van der Waals surface area contributed by atoms with E-state index in [2.05, 4.69) is 6.92 Å². The normalized spacial score (nSPS) is 29.6. The van der Waals surface area contributed by atoms with Crippen molar-refractivity contribution in [2.75, 3.05) is 0 Å². The van der Waals surface area contributed by atoms with E-state index in [9.17, 15) is 9.90 Å². The molecule has 4 unspecified atom stereocenters. The Morgan fingerprint density at radius 3 is 2.50 bits per heavy atom. The lowest BCUT2D eigenvalue weighted by molar-refractivity contribution is -0.146. The van der Waals surface area contributed by atoms with Crippen LogP contribution >= 0.6 is 0 Å². The van der Waals surface area contributed by atoms with Gasteiger partial charge in [0.15, 0.2) is 0 Å². The minimum Gasteiger partial charge on any atom is -0.481 e. The molecule has 0 radical (unpaired) electrons. The molecule has 1 aliphatic rings. The summed E-state index contributed by atoms with van der Waals surface area (Å²) in [4.78, 5) is 10.9. The molecule has 3 heteroatoms. The summed E-state index contributed by atoms with van der Waals surface area (Å²) in [5.74, 6) is -0.656. The molecule has 0 aromatic rings. The van der Waals surface area contributed by atoms with E-state index in [1.54, 1.807) is 0 Å². The molecule has 3 nitrogen and oxygen atoms in total. The van der Waals surface area contributed by atoms with Gasteiger partial charge in [-0.25, -0.2) is 0 Å². The number of hydrogen-bond acceptors (Lipinski definition) is 2. The Morgan fingerprint density at radius 2 is 2.14 bits per heavy atom. The van der Waals surface area contributed by atoms with Crippen molar-refractivity contribution in [3.8, 4) is 0 Å². The van der Waals surface area contributed by atoms with E-state index >= 15 is 0 Å². The fraction of sp³-hybridized carbons (Fsp3) is 0.909. The van der Waals surface area contributed by atoms with Gasteiger partial charge in [0.1, 0.15) is 0 Å². The van der Waals surface area contributed by atoms with Crippen molar-refractivity contribution in [2.45, 2.75) is 45.6 Å². The standard InChI is InChI=1S/C11H20O3/c1-3-4-5-8(11(13)14)10(12)9-6-7(9)2/h7-10,12H,3-6H2,1-2H3,(H,13,14). The first-order valence-electron chi connectivity index (χ1n) is 5.48. The Morgan fingerprint density at radius 1 is 1.57 bits per heavy atom. The summed E-state index contributed by atoms with van der Waals surface area (Å²) < 4.78 is 0. The number of carboxylic acid groups (broad SMARTS) is 1. The van der Waals surface area contributed by atoms with Crippen LogP contribution in [0.15, 0.2) is 0 Å². The Kier molecular flexibility index (Phi) is 3.93. The van der Waals surface area contributed by atoms with Gasteiger partial charge in [-0.15, -0.1) is 0 Å². The SMILES string of the molecule is CCCCC(C(=O)O)C(O)C1CC1C. The lowest BCUT2D eigenvalue weighted by Gasteiger charge is -2.18. The van der Waals surface area contributed by atoms with Crippen molar-refractivity contribution in [1.82, 2.24) is 0 Å². The fourth-order valence-electron chi connectivity index (χ4n) is 1.99. The van der Waals surface area contributed by atoms with E-state index in [-0.39, 0.29) is 5.92 Å². The second-order valence-corrected chi connectivity index (χ2v) is 4.45. The third-order valence-electron chi connectivity index (χ3n) is 3.21. The quantitative estimate of drug-likeness (QED) is 0.688. The van der Waals surface area contributed by atoms with E-state index in [1.165, 1.54) is 0 Å². The summed E-state index contributed by atoms with van der Waals surface area (Å²) in [6.45, 7) is 4.09. The van der Waals surface area contributed by atoms with Crippen LogP contribution in [0.3, 0.4) is 0 Å². The largest absolute Gasteiger partial charge is 0.481 e. The zero-order chi connectivity index (χ0) is 10.7. The number of aliphatic hydroxyl groups excluding tert-OH is 1. The van der Waals surface area contributed by atoms with Gasteiger partial charge < -0.3 is 10.2 Å². The molecule has 0 bridgehead atoms. The summed E-state index contributed by atoms with van der Waals surface area (Å²) in [6.07, 6.45) is 2.83. The van der Waals surface area contributed by atoms with Crippen molar-refractivity contribution < 1.29 is 15.0 Å². The van der Waals surface area contributed by atoms with E-state index in [0.29, 0.717) is 12.3 Å². The van der Waals surface area contributed by atoms with E-state index in [1.807, 2.05) is 6.92 Å². The molecule has 2 N–H and O–H groups in total.